The number of benzene rings is 2. The van der Waals surface area contributed by atoms with Crippen LogP contribution in [0.3, 0.4) is 0 Å². The van der Waals surface area contributed by atoms with Gasteiger partial charge in [0.05, 0.1) is 24.8 Å². The van der Waals surface area contributed by atoms with Crippen molar-refractivity contribution in [1.29, 1.82) is 0 Å². The number of carbonyl (C=O) groups excluding carboxylic acids is 1. The fraction of sp³-hybridized carbons (Fsp3) is 0.286. The third-order valence-electron chi connectivity index (χ3n) is 4.46. The molecule has 0 aliphatic rings. The lowest BCUT2D eigenvalue weighted by Gasteiger charge is -2.21. The molecule has 0 saturated carbocycles. The van der Waals surface area contributed by atoms with Crippen LogP contribution in [0.2, 0.25) is 0 Å². The van der Waals surface area contributed by atoms with Crippen LogP contribution in [0.4, 0.5) is 4.39 Å². The van der Waals surface area contributed by atoms with Gasteiger partial charge in [-0.25, -0.2) is 4.39 Å². The van der Waals surface area contributed by atoms with Gasteiger partial charge in [0, 0.05) is 5.56 Å². The smallest absolute Gasteiger partial charge is 0.252 e. The maximum Gasteiger partial charge on any atom is 0.252 e. The van der Waals surface area contributed by atoms with Gasteiger partial charge in [-0.05, 0) is 63.0 Å². The summed E-state index contributed by atoms with van der Waals surface area (Å²) in [6.07, 6.45) is 2.26. The van der Waals surface area contributed by atoms with Crippen LogP contribution < -0.4 is 10.1 Å². The molecule has 1 aromatic heterocycles. The number of halogens is 1. The van der Waals surface area contributed by atoms with Crippen molar-refractivity contribution in [3.8, 4) is 5.75 Å². The zero-order chi connectivity index (χ0) is 19.4. The number of ether oxygens (including phenoxy) is 1. The van der Waals surface area contributed by atoms with E-state index >= 15 is 0 Å². The van der Waals surface area contributed by atoms with Gasteiger partial charge in [0.25, 0.3) is 5.91 Å². The second kappa shape index (κ2) is 8.22. The van der Waals surface area contributed by atoms with Crippen molar-refractivity contribution in [3.05, 3.63) is 65.7 Å². The molecule has 5 nitrogen and oxygen atoms in total. The first-order valence-electron chi connectivity index (χ1n) is 8.74. The lowest BCUT2D eigenvalue weighted by molar-refractivity contribution is 0.0932. The summed E-state index contributed by atoms with van der Waals surface area (Å²) in [5, 5.41) is 3.86. The molecule has 2 aromatic carbocycles. The Balaban J connectivity index is 1.86. The highest BCUT2D eigenvalue weighted by Gasteiger charge is 2.18. The van der Waals surface area contributed by atoms with Gasteiger partial charge in [0.15, 0.2) is 0 Å². The molecule has 142 valence electrons. The molecule has 0 bridgehead atoms. The van der Waals surface area contributed by atoms with Crippen molar-refractivity contribution in [3.63, 3.8) is 0 Å². The van der Waals surface area contributed by atoms with Crippen LogP contribution in [0.1, 0.15) is 28.4 Å². The van der Waals surface area contributed by atoms with Gasteiger partial charge in [-0.15, -0.1) is 0 Å². The summed E-state index contributed by atoms with van der Waals surface area (Å²) in [6.45, 7) is 0.781. The average molecular weight is 370 g/mol. The Morgan fingerprint density at radius 2 is 1.96 bits per heavy atom. The molecular formula is C21H23FN2O3. The van der Waals surface area contributed by atoms with E-state index in [2.05, 4.69) is 5.32 Å². The fourth-order valence-electron chi connectivity index (χ4n) is 2.98. The molecule has 1 heterocycles. The van der Waals surface area contributed by atoms with E-state index < -0.39 is 0 Å². The van der Waals surface area contributed by atoms with Gasteiger partial charge in [0.2, 0.25) is 0 Å². The number of fused-ring (bicyclic) bond motifs is 1. The third kappa shape index (κ3) is 4.46. The van der Waals surface area contributed by atoms with Gasteiger partial charge < -0.3 is 19.4 Å². The molecule has 3 rings (SSSR count). The molecule has 0 saturated heterocycles. The third-order valence-corrected chi connectivity index (χ3v) is 4.46. The molecule has 0 spiro atoms. The minimum absolute atomic E-state index is 0.236. The summed E-state index contributed by atoms with van der Waals surface area (Å²) in [5.74, 6) is 0.0437. The van der Waals surface area contributed by atoms with Gasteiger partial charge in [-0.1, -0.05) is 12.1 Å². The summed E-state index contributed by atoms with van der Waals surface area (Å²) in [7, 11) is 5.50. The molecule has 3 aromatic rings. The first-order valence-corrected chi connectivity index (χ1v) is 8.74. The van der Waals surface area contributed by atoms with Crippen LogP contribution in [0.5, 0.6) is 5.75 Å². The number of hydrogen-bond acceptors (Lipinski definition) is 4. The van der Waals surface area contributed by atoms with Gasteiger partial charge in [-0.2, -0.15) is 0 Å². The zero-order valence-corrected chi connectivity index (χ0v) is 15.7. The fourth-order valence-corrected chi connectivity index (χ4v) is 2.98. The van der Waals surface area contributed by atoms with Crippen LogP contribution in [0, 0.1) is 5.82 Å². The van der Waals surface area contributed by atoms with Gasteiger partial charge in [0.1, 0.15) is 17.1 Å². The molecule has 0 aliphatic carbocycles. The van der Waals surface area contributed by atoms with Gasteiger partial charge in [-0.3, -0.25) is 4.79 Å². The summed E-state index contributed by atoms with van der Waals surface area (Å²) < 4.78 is 24.1. The number of furan rings is 1. The Hall–Kier alpha value is -2.86. The molecule has 0 aliphatic heterocycles. The van der Waals surface area contributed by atoms with Crippen LogP contribution in [0.25, 0.3) is 11.0 Å². The molecule has 0 fully saturated rings. The van der Waals surface area contributed by atoms with E-state index in [1.54, 1.807) is 43.7 Å². The molecule has 6 heteroatoms. The number of nitrogens with zero attached hydrogens (tertiary/aromatic N) is 1. The van der Waals surface area contributed by atoms with Crippen molar-refractivity contribution in [2.24, 2.45) is 0 Å². The Morgan fingerprint density at radius 1 is 1.22 bits per heavy atom. The van der Waals surface area contributed by atoms with E-state index in [0.29, 0.717) is 23.3 Å². The molecule has 27 heavy (non-hydrogen) atoms. The summed E-state index contributed by atoms with van der Waals surface area (Å²) in [5.41, 5.74) is 1.90. The highest BCUT2D eigenvalue weighted by molar-refractivity contribution is 5.99. The number of rotatable bonds is 7. The summed E-state index contributed by atoms with van der Waals surface area (Å²) in [4.78, 5) is 14.9. The summed E-state index contributed by atoms with van der Waals surface area (Å²) in [6, 6.07) is 11.2. The Morgan fingerprint density at radius 3 is 2.63 bits per heavy atom. The quantitative estimate of drug-likeness (QED) is 0.683. The van der Waals surface area contributed by atoms with Crippen LogP contribution in [0.15, 0.2) is 53.1 Å². The number of methoxy groups -OCH3 is 1. The van der Waals surface area contributed by atoms with E-state index in [1.807, 2.05) is 19.0 Å². The second-order valence-electron chi connectivity index (χ2n) is 6.68. The van der Waals surface area contributed by atoms with E-state index in [4.69, 9.17) is 9.15 Å². The Bertz CT molecular complexity index is 919. The molecular weight excluding hydrogens is 347 g/mol. The molecule has 1 amide bonds. The highest BCUT2D eigenvalue weighted by atomic mass is 19.1. The van der Waals surface area contributed by atoms with E-state index in [0.717, 1.165) is 17.5 Å². The van der Waals surface area contributed by atoms with Crippen LogP contribution in [-0.2, 0) is 0 Å². The van der Waals surface area contributed by atoms with Crippen LogP contribution >= 0.6 is 0 Å². The molecule has 1 N–H and O–H groups in total. The standard InChI is InChI=1S/C21H23FN2O3/c1-24(2)10-8-18(14-4-6-16(22)7-5-14)23-21(25)15-12-19(26-3)17-9-11-27-20(17)13-15/h4-7,9,11-13,18H,8,10H2,1-3H3,(H,23,25)/t18-/m1/s1. The molecule has 1 atom stereocenters. The minimum Gasteiger partial charge on any atom is -0.496 e. The van der Waals surface area contributed by atoms with Crippen LogP contribution in [-0.4, -0.2) is 38.6 Å². The lowest BCUT2D eigenvalue weighted by atomic mass is 10.0. The molecule has 0 unspecified atom stereocenters. The Kier molecular flexibility index (Phi) is 5.76. The van der Waals surface area contributed by atoms with Crippen molar-refractivity contribution in [2.75, 3.05) is 27.7 Å². The normalized spacial score (nSPS) is 12.3. The molecule has 0 radical (unpaired) electrons. The van der Waals surface area contributed by atoms with Crippen molar-refractivity contribution in [2.45, 2.75) is 12.5 Å². The van der Waals surface area contributed by atoms with Crippen molar-refractivity contribution >= 4 is 16.9 Å². The number of amides is 1. The number of hydrogen-bond donors (Lipinski definition) is 1. The number of carbonyl (C=O) groups is 1. The minimum atomic E-state index is -0.301. The topological polar surface area (TPSA) is 54.7 Å². The lowest BCUT2D eigenvalue weighted by Crippen LogP contribution is -2.31. The predicted molar refractivity (Wildman–Crippen MR) is 103 cm³/mol. The maximum atomic E-state index is 13.3. The average Bonchev–Trinajstić information content (AvgIpc) is 3.13. The van der Waals surface area contributed by atoms with E-state index in [9.17, 15) is 9.18 Å². The number of nitrogens with one attached hydrogen (secondary N) is 1. The zero-order valence-electron chi connectivity index (χ0n) is 15.7. The Labute approximate surface area is 157 Å². The summed E-state index contributed by atoms with van der Waals surface area (Å²) >= 11 is 0. The SMILES string of the molecule is COc1cc(C(=O)N[C@H](CCN(C)C)c2ccc(F)cc2)cc2occc12. The first kappa shape index (κ1) is 18.9. The van der Waals surface area contributed by atoms with E-state index in [1.165, 1.54) is 12.1 Å². The first-order chi connectivity index (χ1) is 13.0. The largest absolute Gasteiger partial charge is 0.496 e. The predicted octanol–water partition coefficient (Wildman–Crippen LogP) is 4.00. The highest BCUT2D eigenvalue weighted by Crippen LogP contribution is 2.29. The monoisotopic (exact) mass is 370 g/mol. The van der Waals surface area contributed by atoms with E-state index in [-0.39, 0.29) is 17.8 Å². The maximum absolute atomic E-state index is 13.3. The van der Waals surface area contributed by atoms with Crippen molar-refractivity contribution < 1.29 is 18.3 Å². The van der Waals surface area contributed by atoms with Crippen molar-refractivity contribution in [1.82, 2.24) is 10.2 Å². The second-order valence-corrected chi connectivity index (χ2v) is 6.68. The van der Waals surface area contributed by atoms with Gasteiger partial charge >= 0.3 is 0 Å².